The van der Waals surface area contributed by atoms with E-state index >= 15 is 0 Å². The van der Waals surface area contributed by atoms with Gasteiger partial charge in [0, 0.05) is 0 Å². The minimum absolute atomic E-state index is 1.26. The van der Waals surface area contributed by atoms with Gasteiger partial charge in [0.1, 0.15) is 0 Å². The van der Waals surface area contributed by atoms with E-state index in [0.717, 1.165) is 0 Å². The molecule has 0 radical (unpaired) electrons. The molecule has 1 aromatic carbocycles. The summed E-state index contributed by atoms with van der Waals surface area (Å²) >= 11 is 0. The molecular formula is C16H26. The Morgan fingerprint density at radius 3 is 2.31 bits per heavy atom. The van der Waals surface area contributed by atoms with Crippen molar-refractivity contribution in [1.82, 2.24) is 0 Å². The van der Waals surface area contributed by atoms with Gasteiger partial charge in [-0.2, -0.15) is 0 Å². The molecule has 0 fully saturated rings. The third kappa shape index (κ3) is 7.28. The van der Waals surface area contributed by atoms with Gasteiger partial charge in [-0.3, -0.25) is 0 Å². The summed E-state index contributed by atoms with van der Waals surface area (Å²) in [7, 11) is 0. The Hall–Kier alpha value is -1.04. The van der Waals surface area contributed by atoms with Gasteiger partial charge in [-0.05, 0) is 25.3 Å². The molecule has 0 N–H and O–H groups in total. The molecule has 1 rings (SSSR count). The summed E-state index contributed by atoms with van der Waals surface area (Å²) in [5.41, 5.74) is 2.89. The maximum atomic E-state index is 3.00. The first kappa shape index (κ1) is 15.0. The van der Waals surface area contributed by atoms with Crippen molar-refractivity contribution in [2.24, 2.45) is 0 Å². The van der Waals surface area contributed by atoms with Crippen molar-refractivity contribution >= 4 is 0 Å². The van der Waals surface area contributed by atoms with Gasteiger partial charge in [0.15, 0.2) is 0 Å². The highest BCUT2D eigenvalue weighted by Gasteiger charge is 1.93. The van der Waals surface area contributed by atoms with Crippen molar-refractivity contribution in [3.05, 3.63) is 48.6 Å². The average molecular weight is 218 g/mol. The minimum atomic E-state index is 1.26. The molecule has 16 heavy (non-hydrogen) atoms. The summed E-state index contributed by atoms with van der Waals surface area (Å²) in [5.74, 6) is 0. The molecule has 0 aliphatic rings. The zero-order chi connectivity index (χ0) is 12.2. The Labute approximate surface area is 101 Å². The van der Waals surface area contributed by atoms with Crippen LogP contribution in [0.2, 0.25) is 0 Å². The Morgan fingerprint density at radius 2 is 1.69 bits per heavy atom. The van der Waals surface area contributed by atoms with Gasteiger partial charge in [0.2, 0.25) is 0 Å². The number of rotatable bonds is 6. The van der Waals surface area contributed by atoms with Crippen LogP contribution >= 0.6 is 0 Å². The van der Waals surface area contributed by atoms with Gasteiger partial charge < -0.3 is 0 Å². The third-order valence-corrected chi connectivity index (χ3v) is 2.65. The van der Waals surface area contributed by atoms with E-state index in [1.54, 1.807) is 0 Å². The van der Waals surface area contributed by atoms with Crippen LogP contribution in [0, 0.1) is 6.92 Å². The molecule has 0 bridgehead atoms. The number of hydrogen-bond donors (Lipinski definition) is 0. The third-order valence-electron chi connectivity index (χ3n) is 2.65. The van der Waals surface area contributed by atoms with Crippen LogP contribution in [0.5, 0.6) is 0 Å². The number of aryl methyl sites for hydroxylation is 2. The largest absolute Gasteiger partial charge is 0.106 e. The van der Waals surface area contributed by atoms with E-state index in [1.807, 2.05) is 0 Å². The molecule has 0 aliphatic heterocycles. The SMILES string of the molecule is C=C.CCCCCCCc1cccc(C)c1. The highest BCUT2D eigenvalue weighted by atomic mass is 14.0. The van der Waals surface area contributed by atoms with Gasteiger partial charge in [-0.15, -0.1) is 13.2 Å². The topological polar surface area (TPSA) is 0 Å². The molecule has 0 saturated heterocycles. The lowest BCUT2D eigenvalue weighted by atomic mass is 10.0. The number of unbranched alkanes of at least 4 members (excludes halogenated alkanes) is 4. The molecule has 0 saturated carbocycles. The second-order valence-corrected chi connectivity index (χ2v) is 4.15. The van der Waals surface area contributed by atoms with Gasteiger partial charge >= 0.3 is 0 Å². The second kappa shape index (κ2) is 10.5. The predicted molar refractivity (Wildman–Crippen MR) is 74.9 cm³/mol. The van der Waals surface area contributed by atoms with Crippen molar-refractivity contribution in [1.29, 1.82) is 0 Å². The predicted octanol–water partition coefficient (Wildman–Crippen LogP) is 5.31. The molecule has 0 spiro atoms. The molecule has 0 heterocycles. The maximum Gasteiger partial charge on any atom is -0.0279 e. The summed E-state index contributed by atoms with van der Waals surface area (Å²) in [6.07, 6.45) is 8.14. The minimum Gasteiger partial charge on any atom is -0.106 e. The fourth-order valence-electron chi connectivity index (χ4n) is 1.80. The zero-order valence-corrected chi connectivity index (χ0v) is 11.0. The van der Waals surface area contributed by atoms with Crippen molar-refractivity contribution in [3.8, 4) is 0 Å². The lowest BCUT2D eigenvalue weighted by Crippen LogP contribution is -1.86. The van der Waals surface area contributed by atoms with Crippen LogP contribution in [0.1, 0.15) is 50.2 Å². The maximum absolute atomic E-state index is 3.00. The summed E-state index contributed by atoms with van der Waals surface area (Å²) in [4.78, 5) is 0. The van der Waals surface area contributed by atoms with Crippen LogP contribution in [-0.4, -0.2) is 0 Å². The van der Waals surface area contributed by atoms with E-state index in [0.29, 0.717) is 0 Å². The molecule has 0 heteroatoms. The fourth-order valence-corrected chi connectivity index (χ4v) is 1.80. The van der Waals surface area contributed by atoms with Crippen LogP contribution in [0.4, 0.5) is 0 Å². The quantitative estimate of drug-likeness (QED) is 0.448. The summed E-state index contributed by atoms with van der Waals surface area (Å²) in [5, 5.41) is 0. The van der Waals surface area contributed by atoms with E-state index < -0.39 is 0 Å². The summed E-state index contributed by atoms with van der Waals surface area (Å²) in [6, 6.07) is 8.88. The summed E-state index contributed by atoms with van der Waals surface area (Å²) in [6.45, 7) is 10.4. The number of benzene rings is 1. The Bertz CT molecular complexity index is 262. The lowest BCUT2D eigenvalue weighted by Gasteiger charge is -2.02. The van der Waals surface area contributed by atoms with Gasteiger partial charge in [-0.25, -0.2) is 0 Å². The van der Waals surface area contributed by atoms with Crippen LogP contribution in [0.15, 0.2) is 37.4 Å². The van der Waals surface area contributed by atoms with E-state index in [9.17, 15) is 0 Å². The van der Waals surface area contributed by atoms with Gasteiger partial charge in [0.05, 0.1) is 0 Å². The van der Waals surface area contributed by atoms with Crippen LogP contribution < -0.4 is 0 Å². The average Bonchev–Trinajstić information content (AvgIpc) is 2.32. The van der Waals surface area contributed by atoms with Crippen LogP contribution in [0.3, 0.4) is 0 Å². The van der Waals surface area contributed by atoms with E-state index in [2.05, 4.69) is 51.3 Å². The zero-order valence-electron chi connectivity index (χ0n) is 11.0. The Balaban J connectivity index is 0.00000106. The van der Waals surface area contributed by atoms with Crippen LogP contribution in [-0.2, 0) is 6.42 Å². The first-order valence-corrected chi connectivity index (χ1v) is 6.38. The van der Waals surface area contributed by atoms with Gasteiger partial charge in [0.25, 0.3) is 0 Å². The van der Waals surface area contributed by atoms with Crippen molar-refractivity contribution in [2.75, 3.05) is 0 Å². The van der Waals surface area contributed by atoms with Gasteiger partial charge in [-0.1, -0.05) is 62.4 Å². The van der Waals surface area contributed by atoms with Crippen molar-refractivity contribution < 1.29 is 0 Å². The second-order valence-electron chi connectivity index (χ2n) is 4.15. The van der Waals surface area contributed by atoms with E-state index in [1.165, 1.54) is 49.7 Å². The van der Waals surface area contributed by atoms with Crippen molar-refractivity contribution in [3.63, 3.8) is 0 Å². The molecule has 0 unspecified atom stereocenters. The van der Waals surface area contributed by atoms with Crippen LogP contribution in [0.25, 0.3) is 0 Å². The highest BCUT2D eigenvalue weighted by molar-refractivity contribution is 5.22. The normalized spacial score (nSPS) is 9.38. The molecular weight excluding hydrogens is 192 g/mol. The first-order chi connectivity index (χ1) is 7.83. The lowest BCUT2D eigenvalue weighted by molar-refractivity contribution is 0.632. The monoisotopic (exact) mass is 218 g/mol. The molecule has 1 aromatic rings. The molecule has 0 aromatic heterocycles. The Morgan fingerprint density at radius 1 is 1.00 bits per heavy atom. The molecule has 0 atom stereocenters. The first-order valence-electron chi connectivity index (χ1n) is 6.38. The van der Waals surface area contributed by atoms with E-state index in [4.69, 9.17) is 0 Å². The molecule has 0 aliphatic carbocycles. The summed E-state index contributed by atoms with van der Waals surface area (Å²) < 4.78 is 0. The van der Waals surface area contributed by atoms with Crippen molar-refractivity contribution in [2.45, 2.75) is 52.4 Å². The molecule has 0 amide bonds. The Kier molecular flexibility index (Phi) is 9.80. The smallest absolute Gasteiger partial charge is 0.0279 e. The van der Waals surface area contributed by atoms with E-state index in [-0.39, 0.29) is 0 Å². The molecule has 90 valence electrons. The number of hydrogen-bond acceptors (Lipinski definition) is 0. The standard InChI is InChI=1S/C14H22.C2H4/c1-3-4-5-6-7-10-14-11-8-9-13(2)12-14;1-2/h8-9,11-12H,3-7,10H2,1-2H3;1-2H2. The molecule has 0 nitrogen and oxygen atoms in total. The highest BCUT2D eigenvalue weighted by Crippen LogP contribution is 2.10. The fraction of sp³-hybridized carbons (Fsp3) is 0.500.